The van der Waals surface area contributed by atoms with E-state index in [-0.39, 0.29) is 18.9 Å². The molecule has 1 aliphatic rings. The van der Waals surface area contributed by atoms with Gasteiger partial charge in [0.25, 0.3) is 5.56 Å². The Morgan fingerprint density at radius 2 is 1.96 bits per heavy atom. The van der Waals surface area contributed by atoms with Crippen LogP contribution in [0.1, 0.15) is 11.4 Å². The van der Waals surface area contributed by atoms with Crippen LogP contribution >= 0.6 is 0 Å². The van der Waals surface area contributed by atoms with Gasteiger partial charge in [0.15, 0.2) is 17.3 Å². The van der Waals surface area contributed by atoms with Crippen molar-refractivity contribution < 1.29 is 19.2 Å². The lowest BCUT2D eigenvalue weighted by atomic mass is 10.2. The molecule has 8 nitrogen and oxygen atoms in total. The highest BCUT2D eigenvalue weighted by Gasteiger charge is 2.18. The number of nitrogens with zero attached hydrogens (tertiary/aromatic N) is 2. The molecule has 0 saturated heterocycles. The second kappa shape index (κ2) is 7.32. The van der Waals surface area contributed by atoms with Crippen LogP contribution in [0, 0.1) is 0 Å². The number of para-hydroxylation sites is 1. The SMILES string of the molecule is C[NH+](Cc1ccc2c(c1)OCO2)Cc1nc2ccccc2c(=O)n1CC(N)=O. The van der Waals surface area contributed by atoms with Crippen molar-refractivity contribution in [2.45, 2.75) is 19.6 Å². The van der Waals surface area contributed by atoms with Gasteiger partial charge in [0.05, 0.1) is 18.0 Å². The van der Waals surface area contributed by atoms with Crippen LogP contribution < -0.4 is 25.7 Å². The van der Waals surface area contributed by atoms with Gasteiger partial charge in [-0.1, -0.05) is 12.1 Å². The van der Waals surface area contributed by atoms with Gasteiger partial charge in [-0.2, -0.15) is 0 Å². The number of primary amides is 1. The van der Waals surface area contributed by atoms with Gasteiger partial charge >= 0.3 is 0 Å². The van der Waals surface area contributed by atoms with E-state index < -0.39 is 5.91 Å². The van der Waals surface area contributed by atoms with Gasteiger partial charge < -0.3 is 20.1 Å². The van der Waals surface area contributed by atoms with Gasteiger partial charge in [-0.15, -0.1) is 0 Å². The van der Waals surface area contributed by atoms with E-state index in [2.05, 4.69) is 4.98 Å². The van der Waals surface area contributed by atoms with Crippen LogP contribution in [0.15, 0.2) is 47.3 Å². The molecule has 8 heteroatoms. The average Bonchev–Trinajstić information content (AvgIpc) is 3.12. The van der Waals surface area contributed by atoms with Crippen LogP contribution in [0.25, 0.3) is 10.9 Å². The number of nitrogens with two attached hydrogens (primary N) is 1. The average molecular weight is 381 g/mol. The fourth-order valence-electron chi connectivity index (χ4n) is 3.40. The monoisotopic (exact) mass is 381 g/mol. The summed E-state index contributed by atoms with van der Waals surface area (Å²) in [5.41, 5.74) is 6.78. The number of quaternary nitrogens is 1. The molecule has 0 radical (unpaired) electrons. The molecule has 1 aromatic heterocycles. The molecule has 144 valence electrons. The lowest BCUT2D eigenvalue weighted by molar-refractivity contribution is -0.908. The summed E-state index contributed by atoms with van der Waals surface area (Å²) in [6, 6.07) is 12.9. The molecule has 1 atom stereocenters. The van der Waals surface area contributed by atoms with Crippen LogP contribution in [0.3, 0.4) is 0 Å². The van der Waals surface area contributed by atoms with Gasteiger partial charge in [0.2, 0.25) is 12.7 Å². The molecular weight excluding hydrogens is 360 g/mol. The number of nitrogens with one attached hydrogen (secondary N) is 1. The minimum Gasteiger partial charge on any atom is -0.454 e. The number of rotatable bonds is 6. The van der Waals surface area contributed by atoms with E-state index in [1.165, 1.54) is 4.57 Å². The summed E-state index contributed by atoms with van der Waals surface area (Å²) in [5, 5.41) is 0.473. The molecule has 0 saturated carbocycles. The maximum atomic E-state index is 12.8. The first kappa shape index (κ1) is 18.0. The summed E-state index contributed by atoms with van der Waals surface area (Å²) in [6.45, 7) is 1.20. The van der Waals surface area contributed by atoms with E-state index in [1.54, 1.807) is 18.2 Å². The predicted octanol–water partition coefficient (Wildman–Crippen LogP) is -0.175. The van der Waals surface area contributed by atoms with Gasteiger partial charge in [0.1, 0.15) is 19.6 Å². The molecule has 0 aliphatic carbocycles. The smallest absolute Gasteiger partial charge is 0.262 e. The van der Waals surface area contributed by atoms with Crippen molar-refractivity contribution in [3.8, 4) is 11.5 Å². The number of hydrogen-bond donors (Lipinski definition) is 2. The number of hydrogen-bond acceptors (Lipinski definition) is 5. The number of amides is 1. The predicted molar refractivity (Wildman–Crippen MR) is 102 cm³/mol. The Labute approximate surface area is 161 Å². The van der Waals surface area contributed by atoms with Crippen LogP contribution in [-0.4, -0.2) is 29.3 Å². The zero-order valence-electron chi connectivity index (χ0n) is 15.5. The number of carbonyl (C=O) groups is 1. The Bertz CT molecular complexity index is 1110. The summed E-state index contributed by atoms with van der Waals surface area (Å²) in [4.78, 5) is 30.0. The molecule has 0 spiro atoms. The van der Waals surface area contributed by atoms with E-state index in [1.807, 2.05) is 31.3 Å². The van der Waals surface area contributed by atoms with Crippen LogP contribution in [0.4, 0.5) is 0 Å². The van der Waals surface area contributed by atoms with Gasteiger partial charge in [-0.25, -0.2) is 4.98 Å². The molecule has 3 aromatic rings. The molecule has 1 amide bonds. The Balaban J connectivity index is 1.62. The molecule has 1 unspecified atom stereocenters. The second-order valence-electron chi connectivity index (χ2n) is 6.90. The molecule has 2 aromatic carbocycles. The molecular formula is C20H21N4O4+. The van der Waals surface area contributed by atoms with E-state index in [0.29, 0.717) is 29.8 Å². The fourth-order valence-corrected chi connectivity index (χ4v) is 3.40. The summed E-state index contributed by atoms with van der Waals surface area (Å²) in [7, 11) is 2.00. The molecule has 1 aliphatic heterocycles. The van der Waals surface area contributed by atoms with Gasteiger partial charge in [-0.3, -0.25) is 14.2 Å². The lowest BCUT2D eigenvalue weighted by Gasteiger charge is -2.17. The third-order valence-corrected chi connectivity index (χ3v) is 4.66. The minimum absolute atomic E-state index is 0.191. The largest absolute Gasteiger partial charge is 0.454 e. The van der Waals surface area contributed by atoms with Crippen LogP contribution in [0.5, 0.6) is 11.5 Å². The Morgan fingerprint density at radius 1 is 1.18 bits per heavy atom. The van der Waals surface area contributed by atoms with Crippen molar-refractivity contribution >= 4 is 16.8 Å². The van der Waals surface area contributed by atoms with E-state index in [0.717, 1.165) is 22.0 Å². The molecule has 28 heavy (non-hydrogen) atoms. The van der Waals surface area contributed by atoms with Crippen molar-refractivity contribution in [1.82, 2.24) is 9.55 Å². The number of ether oxygens (including phenoxy) is 2. The normalized spacial score (nSPS) is 13.6. The van der Waals surface area contributed by atoms with Crippen molar-refractivity contribution in [1.29, 1.82) is 0 Å². The summed E-state index contributed by atoms with van der Waals surface area (Å²) >= 11 is 0. The highest BCUT2D eigenvalue weighted by atomic mass is 16.7. The molecule has 4 rings (SSSR count). The van der Waals surface area contributed by atoms with Gasteiger partial charge in [-0.05, 0) is 30.3 Å². The molecule has 0 bridgehead atoms. The van der Waals surface area contributed by atoms with Crippen molar-refractivity contribution in [2.75, 3.05) is 13.8 Å². The zero-order chi connectivity index (χ0) is 19.7. The van der Waals surface area contributed by atoms with Crippen molar-refractivity contribution in [3.63, 3.8) is 0 Å². The third-order valence-electron chi connectivity index (χ3n) is 4.66. The minimum atomic E-state index is -0.575. The topological polar surface area (TPSA) is 101 Å². The number of fused-ring (bicyclic) bond motifs is 2. The highest BCUT2D eigenvalue weighted by molar-refractivity contribution is 5.78. The van der Waals surface area contributed by atoms with Crippen LogP contribution in [-0.2, 0) is 24.4 Å². The molecule has 0 fully saturated rings. The summed E-state index contributed by atoms with van der Waals surface area (Å²) in [6.07, 6.45) is 0. The van der Waals surface area contributed by atoms with Gasteiger partial charge in [0, 0.05) is 5.56 Å². The van der Waals surface area contributed by atoms with E-state index >= 15 is 0 Å². The molecule has 2 heterocycles. The number of benzene rings is 2. The van der Waals surface area contributed by atoms with E-state index in [9.17, 15) is 9.59 Å². The third kappa shape index (κ3) is 3.54. The maximum Gasteiger partial charge on any atom is 0.262 e. The number of carbonyl (C=O) groups excluding carboxylic acids is 1. The summed E-state index contributed by atoms with van der Waals surface area (Å²) in [5.74, 6) is 1.43. The second-order valence-corrected chi connectivity index (χ2v) is 6.90. The lowest BCUT2D eigenvalue weighted by Crippen LogP contribution is -3.06. The Morgan fingerprint density at radius 3 is 2.79 bits per heavy atom. The van der Waals surface area contributed by atoms with Crippen molar-refractivity contribution in [3.05, 3.63) is 64.2 Å². The Hall–Kier alpha value is -3.39. The van der Waals surface area contributed by atoms with E-state index in [4.69, 9.17) is 15.2 Å². The Kier molecular flexibility index (Phi) is 4.70. The first-order chi connectivity index (χ1) is 13.5. The quantitative estimate of drug-likeness (QED) is 0.617. The molecule has 3 N–H and O–H groups in total. The maximum absolute atomic E-state index is 12.8. The number of aromatic nitrogens is 2. The zero-order valence-corrected chi connectivity index (χ0v) is 15.5. The standard InChI is InChI=1S/C20H20N4O4/c1-23(9-13-6-7-16-17(8-13)28-12-27-16)11-19-22-15-5-3-2-4-14(15)20(26)24(19)10-18(21)25/h2-8H,9-12H2,1H3,(H2,21,25)/p+1. The summed E-state index contributed by atoms with van der Waals surface area (Å²) < 4.78 is 12.1. The van der Waals surface area contributed by atoms with Crippen LogP contribution in [0.2, 0.25) is 0 Å². The highest BCUT2D eigenvalue weighted by Crippen LogP contribution is 2.32. The fraction of sp³-hybridized carbons (Fsp3) is 0.250. The first-order valence-corrected chi connectivity index (χ1v) is 8.98. The first-order valence-electron chi connectivity index (χ1n) is 8.98. The van der Waals surface area contributed by atoms with Crippen molar-refractivity contribution in [2.24, 2.45) is 5.73 Å².